The molecule has 0 fully saturated rings. The lowest BCUT2D eigenvalue weighted by molar-refractivity contribution is -0.133. The van der Waals surface area contributed by atoms with Crippen LogP contribution in [-0.2, 0) is 4.79 Å². The first-order valence-electron chi connectivity index (χ1n) is 7.60. The first-order valence-corrected chi connectivity index (χ1v) is 8.59. The van der Waals surface area contributed by atoms with Gasteiger partial charge in [0.15, 0.2) is 11.0 Å². The summed E-state index contributed by atoms with van der Waals surface area (Å²) in [6.45, 7) is 2.01. The van der Waals surface area contributed by atoms with Crippen LogP contribution in [0.15, 0.2) is 53.7 Å². The highest BCUT2D eigenvalue weighted by atomic mass is 32.2. The van der Waals surface area contributed by atoms with Crippen molar-refractivity contribution in [1.82, 2.24) is 14.8 Å². The number of benzene rings is 2. The molecule has 0 saturated carbocycles. The average Bonchev–Trinajstić information content (AvgIpc) is 3.04. The molecule has 1 aromatic heterocycles. The fourth-order valence-corrected chi connectivity index (χ4v) is 3.09. The van der Waals surface area contributed by atoms with Crippen LogP contribution in [0, 0.1) is 6.92 Å². The van der Waals surface area contributed by atoms with Crippen molar-refractivity contribution in [1.29, 1.82) is 0 Å². The zero-order valence-electron chi connectivity index (χ0n) is 13.8. The molecule has 3 aromatic rings. The molecule has 0 spiro atoms. The zero-order chi connectivity index (χ0) is 17.8. The predicted molar refractivity (Wildman–Crippen MR) is 96.4 cm³/mol. The molecule has 3 rings (SSSR count). The second-order valence-electron chi connectivity index (χ2n) is 5.36. The first kappa shape index (κ1) is 17.0. The van der Waals surface area contributed by atoms with E-state index in [0.717, 1.165) is 28.6 Å². The summed E-state index contributed by atoms with van der Waals surface area (Å²) in [6, 6.07) is 15.4. The summed E-state index contributed by atoms with van der Waals surface area (Å²) >= 11 is 1.13. The van der Waals surface area contributed by atoms with Crippen LogP contribution in [0.2, 0.25) is 0 Å². The summed E-state index contributed by atoms with van der Waals surface area (Å²) in [4.78, 5) is 10.9. The number of carbonyl (C=O) groups is 1. The van der Waals surface area contributed by atoms with Crippen molar-refractivity contribution in [3.63, 3.8) is 0 Å². The lowest BCUT2D eigenvalue weighted by Gasteiger charge is -2.12. The molecule has 1 N–H and O–H groups in total. The van der Waals surface area contributed by atoms with Gasteiger partial charge in [0.25, 0.3) is 0 Å². The number of carboxylic acid groups (broad SMARTS) is 1. The SMILES string of the molecule is COc1ccccc1-c1nnc(SCC(=O)O)n1-c1ccc(C)cc1. The standard InChI is InChI=1S/C18H17N3O3S/c1-12-7-9-13(10-8-12)21-17(14-5-3-4-6-15(14)24-2)19-20-18(21)25-11-16(22)23/h3-10H,11H2,1-2H3,(H,22,23). The number of aryl methyl sites for hydroxylation is 1. The third-order valence-electron chi connectivity index (χ3n) is 3.60. The topological polar surface area (TPSA) is 77.2 Å². The molecule has 25 heavy (non-hydrogen) atoms. The van der Waals surface area contributed by atoms with Crippen molar-refractivity contribution in [2.75, 3.05) is 12.9 Å². The largest absolute Gasteiger partial charge is 0.496 e. The molecule has 0 aliphatic rings. The molecule has 0 aliphatic heterocycles. The number of hydrogen-bond donors (Lipinski definition) is 1. The van der Waals surface area contributed by atoms with E-state index in [1.54, 1.807) is 7.11 Å². The van der Waals surface area contributed by atoms with E-state index in [0.29, 0.717) is 16.7 Å². The Bertz CT molecular complexity index is 891. The first-order chi connectivity index (χ1) is 12.1. The van der Waals surface area contributed by atoms with Crippen LogP contribution >= 0.6 is 11.8 Å². The van der Waals surface area contributed by atoms with Gasteiger partial charge < -0.3 is 9.84 Å². The summed E-state index contributed by atoms with van der Waals surface area (Å²) in [5.74, 6) is 0.296. The van der Waals surface area contributed by atoms with E-state index in [1.165, 1.54) is 0 Å². The molecule has 0 atom stereocenters. The van der Waals surface area contributed by atoms with Crippen molar-refractivity contribution < 1.29 is 14.6 Å². The molecule has 0 saturated heterocycles. The van der Waals surface area contributed by atoms with E-state index in [2.05, 4.69) is 10.2 Å². The number of methoxy groups -OCH3 is 1. The molecule has 0 amide bonds. The third kappa shape index (κ3) is 3.66. The molecule has 0 bridgehead atoms. The molecular weight excluding hydrogens is 338 g/mol. The van der Waals surface area contributed by atoms with Crippen LogP contribution in [0.4, 0.5) is 0 Å². The van der Waals surface area contributed by atoms with Gasteiger partial charge in [0.2, 0.25) is 0 Å². The molecule has 7 heteroatoms. The number of ether oxygens (including phenoxy) is 1. The lowest BCUT2D eigenvalue weighted by atomic mass is 10.1. The Morgan fingerprint density at radius 1 is 1.16 bits per heavy atom. The molecule has 1 heterocycles. The summed E-state index contributed by atoms with van der Waals surface area (Å²) in [7, 11) is 1.60. The van der Waals surface area contributed by atoms with E-state index in [-0.39, 0.29) is 5.75 Å². The van der Waals surface area contributed by atoms with Gasteiger partial charge in [0.1, 0.15) is 5.75 Å². The van der Waals surface area contributed by atoms with Gasteiger partial charge in [-0.25, -0.2) is 0 Å². The van der Waals surface area contributed by atoms with E-state index in [4.69, 9.17) is 9.84 Å². The number of nitrogens with zero attached hydrogens (tertiary/aromatic N) is 3. The molecule has 6 nitrogen and oxygen atoms in total. The summed E-state index contributed by atoms with van der Waals surface area (Å²) in [6.07, 6.45) is 0. The number of rotatable bonds is 6. The molecule has 0 unspecified atom stereocenters. The van der Waals surface area contributed by atoms with Crippen molar-refractivity contribution in [3.05, 3.63) is 54.1 Å². The summed E-state index contributed by atoms with van der Waals surface area (Å²) in [5.41, 5.74) is 2.79. The quantitative estimate of drug-likeness (QED) is 0.683. The highest BCUT2D eigenvalue weighted by Gasteiger charge is 2.19. The molecular formula is C18H17N3O3S. The van der Waals surface area contributed by atoms with Crippen molar-refractivity contribution >= 4 is 17.7 Å². The minimum atomic E-state index is -0.901. The predicted octanol–water partition coefficient (Wildman–Crippen LogP) is 3.43. The van der Waals surface area contributed by atoms with Gasteiger partial charge >= 0.3 is 5.97 Å². The van der Waals surface area contributed by atoms with Crippen LogP contribution < -0.4 is 4.74 Å². The Kier molecular flexibility index (Phi) is 5.04. The van der Waals surface area contributed by atoms with Crippen molar-refractivity contribution in [3.8, 4) is 22.8 Å². The van der Waals surface area contributed by atoms with Gasteiger partial charge in [-0.2, -0.15) is 0 Å². The average molecular weight is 355 g/mol. The Morgan fingerprint density at radius 3 is 2.56 bits per heavy atom. The number of hydrogen-bond acceptors (Lipinski definition) is 5. The van der Waals surface area contributed by atoms with Crippen molar-refractivity contribution in [2.24, 2.45) is 0 Å². The molecule has 0 radical (unpaired) electrons. The van der Waals surface area contributed by atoms with Crippen LogP contribution in [0.5, 0.6) is 5.75 Å². The van der Waals surface area contributed by atoms with Crippen molar-refractivity contribution in [2.45, 2.75) is 12.1 Å². The van der Waals surface area contributed by atoms with Gasteiger partial charge in [-0.3, -0.25) is 9.36 Å². The summed E-state index contributed by atoms with van der Waals surface area (Å²) in [5, 5.41) is 18.0. The Hall–Kier alpha value is -2.80. The zero-order valence-corrected chi connectivity index (χ0v) is 14.7. The minimum Gasteiger partial charge on any atom is -0.496 e. The smallest absolute Gasteiger partial charge is 0.313 e. The number of aromatic nitrogens is 3. The van der Waals surface area contributed by atoms with Crippen LogP contribution in [-0.4, -0.2) is 38.7 Å². The van der Waals surface area contributed by atoms with E-state index >= 15 is 0 Å². The minimum absolute atomic E-state index is 0.0874. The molecule has 128 valence electrons. The highest BCUT2D eigenvalue weighted by molar-refractivity contribution is 7.99. The van der Waals surface area contributed by atoms with E-state index in [9.17, 15) is 4.79 Å². The second kappa shape index (κ2) is 7.40. The number of carboxylic acids is 1. The van der Waals surface area contributed by atoms with Gasteiger partial charge in [-0.1, -0.05) is 41.6 Å². The van der Waals surface area contributed by atoms with Crippen LogP contribution in [0.25, 0.3) is 17.1 Å². The molecule has 2 aromatic carbocycles. The highest BCUT2D eigenvalue weighted by Crippen LogP contribution is 2.33. The normalized spacial score (nSPS) is 10.6. The Balaban J connectivity index is 2.15. The fraction of sp³-hybridized carbons (Fsp3) is 0.167. The summed E-state index contributed by atoms with van der Waals surface area (Å²) < 4.78 is 7.29. The monoisotopic (exact) mass is 355 g/mol. The number of thioether (sulfide) groups is 1. The Morgan fingerprint density at radius 2 is 1.88 bits per heavy atom. The lowest BCUT2D eigenvalue weighted by Crippen LogP contribution is -2.03. The van der Waals surface area contributed by atoms with Crippen LogP contribution in [0.3, 0.4) is 0 Å². The van der Waals surface area contributed by atoms with Gasteiger partial charge in [-0.05, 0) is 31.2 Å². The Labute approximate surface area is 149 Å². The maximum absolute atomic E-state index is 10.9. The third-order valence-corrected chi connectivity index (χ3v) is 4.51. The van der Waals surface area contributed by atoms with Gasteiger partial charge in [-0.15, -0.1) is 10.2 Å². The van der Waals surface area contributed by atoms with Gasteiger partial charge in [0, 0.05) is 5.69 Å². The maximum atomic E-state index is 10.9. The second-order valence-corrected chi connectivity index (χ2v) is 6.30. The number of para-hydroxylation sites is 1. The van der Waals surface area contributed by atoms with E-state index in [1.807, 2.05) is 60.0 Å². The van der Waals surface area contributed by atoms with Gasteiger partial charge in [0.05, 0.1) is 18.4 Å². The maximum Gasteiger partial charge on any atom is 0.313 e. The van der Waals surface area contributed by atoms with E-state index < -0.39 is 5.97 Å². The number of aliphatic carboxylic acids is 1. The fourth-order valence-electron chi connectivity index (χ4n) is 2.42. The van der Waals surface area contributed by atoms with Crippen LogP contribution in [0.1, 0.15) is 5.56 Å². The molecule has 0 aliphatic carbocycles.